The third-order valence-electron chi connectivity index (χ3n) is 3.40. The molecule has 1 N–H and O–H groups in total. The van der Waals surface area contributed by atoms with Crippen LogP contribution in [0, 0.1) is 16.0 Å². The lowest BCUT2D eigenvalue weighted by atomic mass is 10.0. The predicted octanol–water partition coefficient (Wildman–Crippen LogP) is 1.57. The summed E-state index contributed by atoms with van der Waals surface area (Å²) < 4.78 is 5.24. The van der Waals surface area contributed by atoms with Gasteiger partial charge in [0.1, 0.15) is 17.9 Å². The summed E-state index contributed by atoms with van der Waals surface area (Å²) >= 11 is 6.06. The van der Waals surface area contributed by atoms with E-state index in [-0.39, 0.29) is 23.9 Å². The molecule has 21 heavy (non-hydrogen) atoms. The number of hydrogen-bond donors (Lipinski definition) is 1. The van der Waals surface area contributed by atoms with Crippen LogP contribution in [0.15, 0.2) is 12.3 Å². The minimum Gasteiger partial charge on any atom is -0.481 e. The number of ether oxygens (including phenoxy) is 1. The van der Waals surface area contributed by atoms with Crippen molar-refractivity contribution < 1.29 is 19.6 Å². The molecule has 0 saturated carbocycles. The Morgan fingerprint density at radius 2 is 2.38 bits per heavy atom. The molecule has 0 spiro atoms. The Morgan fingerprint density at radius 3 is 2.90 bits per heavy atom. The van der Waals surface area contributed by atoms with Crippen LogP contribution >= 0.6 is 11.6 Å². The molecule has 0 aromatic carbocycles. The molecule has 2 unspecified atom stereocenters. The Bertz CT molecular complexity index is 568. The average molecular weight is 316 g/mol. The van der Waals surface area contributed by atoms with Gasteiger partial charge >= 0.3 is 5.97 Å². The van der Waals surface area contributed by atoms with Crippen molar-refractivity contribution in [2.75, 3.05) is 24.7 Å². The minimum atomic E-state index is -0.950. The van der Waals surface area contributed by atoms with Gasteiger partial charge in [-0.2, -0.15) is 0 Å². The first kappa shape index (κ1) is 15.5. The van der Waals surface area contributed by atoms with Gasteiger partial charge in [-0.3, -0.25) is 14.9 Å². The van der Waals surface area contributed by atoms with Crippen molar-refractivity contribution in [3.8, 4) is 0 Å². The first-order chi connectivity index (χ1) is 9.95. The summed E-state index contributed by atoms with van der Waals surface area (Å²) in [7, 11) is 0. The van der Waals surface area contributed by atoms with Crippen molar-refractivity contribution in [1.29, 1.82) is 0 Å². The van der Waals surface area contributed by atoms with Gasteiger partial charge in [0.25, 0.3) is 5.69 Å². The van der Waals surface area contributed by atoms with Crippen LogP contribution in [0.4, 0.5) is 11.5 Å². The molecule has 0 aliphatic carbocycles. The molecule has 0 bridgehead atoms. The molecule has 1 fully saturated rings. The zero-order valence-corrected chi connectivity index (χ0v) is 12.0. The van der Waals surface area contributed by atoms with Gasteiger partial charge in [0.2, 0.25) is 0 Å². The number of nitro groups is 1. The lowest BCUT2D eigenvalue weighted by molar-refractivity contribution is -0.385. The van der Waals surface area contributed by atoms with Crippen molar-refractivity contribution in [3.63, 3.8) is 0 Å². The largest absolute Gasteiger partial charge is 0.481 e. The second-order valence-corrected chi connectivity index (χ2v) is 5.00. The minimum absolute atomic E-state index is 0.113. The third-order valence-corrected chi connectivity index (χ3v) is 3.68. The Labute approximate surface area is 125 Å². The number of halogens is 1. The molecular formula is C12H14ClN3O5. The van der Waals surface area contributed by atoms with E-state index in [1.165, 1.54) is 6.07 Å². The fourth-order valence-electron chi connectivity index (χ4n) is 2.36. The summed E-state index contributed by atoms with van der Waals surface area (Å²) in [6.07, 6.45) is 1.11. The molecule has 0 amide bonds. The van der Waals surface area contributed by atoms with Crippen LogP contribution in [0.25, 0.3) is 0 Å². The summed E-state index contributed by atoms with van der Waals surface area (Å²) in [6, 6.07) is 0.803. The number of hydrogen-bond acceptors (Lipinski definition) is 6. The van der Waals surface area contributed by atoms with Gasteiger partial charge in [0.15, 0.2) is 0 Å². The molecule has 0 radical (unpaired) electrons. The van der Waals surface area contributed by atoms with Crippen molar-refractivity contribution >= 4 is 29.1 Å². The van der Waals surface area contributed by atoms with E-state index in [1.807, 2.05) is 6.92 Å². The lowest BCUT2D eigenvalue weighted by Gasteiger charge is -2.30. The van der Waals surface area contributed by atoms with Gasteiger partial charge in [0.05, 0.1) is 29.2 Å². The average Bonchev–Trinajstić information content (AvgIpc) is 2.90. The van der Waals surface area contributed by atoms with E-state index in [4.69, 9.17) is 16.3 Å². The second kappa shape index (κ2) is 6.23. The van der Waals surface area contributed by atoms with Crippen LogP contribution in [0.2, 0.25) is 5.02 Å². The van der Waals surface area contributed by atoms with E-state index >= 15 is 0 Å². The van der Waals surface area contributed by atoms with Gasteiger partial charge in [-0.05, 0) is 6.92 Å². The van der Waals surface area contributed by atoms with Gasteiger partial charge in [-0.1, -0.05) is 11.6 Å². The molecule has 1 aromatic heterocycles. The number of rotatable bonds is 5. The molecule has 2 rings (SSSR count). The highest BCUT2D eigenvalue weighted by Crippen LogP contribution is 2.31. The first-order valence-corrected chi connectivity index (χ1v) is 6.70. The maximum Gasteiger partial charge on any atom is 0.311 e. The quantitative estimate of drug-likeness (QED) is 0.649. The van der Waals surface area contributed by atoms with Crippen molar-refractivity contribution in [2.45, 2.75) is 13.0 Å². The van der Waals surface area contributed by atoms with Crippen LogP contribution in [-0.2, 0) is 9.53 Å². The number of aliphatic carboxylic acids is 1. The number of carboxylic acids is 1. The Kier molecular flexibility index (Phi) is 4.59. The van der Waals surface area contributed by atoms with Gasteiger partial charge in [0, 0.05) is 12.6 Å². The van der Waals surface area contributed by atoms with Crippen LogP contribution in [-0.4, -0.2) is 46.8 Å². The molecule has 1 aromatic rings. The number of pyridine rings is 1. The molecule has 2 heterocycles. The Balaban J connectivity index is 2.33. The Hall–Kier alpha value is -1.93. The third kappa shape index (κ3) is 3.06. The van der Waals surface area contributed by atoms with Crippen LogP contribution in [0.3, 0.4) is 0 Å². The Morgan fingerprint density at radius 1 is 1.67 bits per heavy atom. The summed E-state index contributed by atoms with van der Waals surface area (Å²) in [5.74, 6) is -1.31. The van der Waals surface area contributed by atoms with Gasteiger partial charge in [-0.15, -0.1) is 0 Å². The molecule has 8 nitrogen and oxygen atoms in total. The fraction of sp³-hybridized carbons (Fsp3) is 0.500. The lowest BCUT2D eigenvalue weighted by Crippen LogP contribution is -2.43. The molecule has 1 aliphatic heterocycles. The van der Waals surface area contributed by atoms with Gasteiger partial charge in [-0.25, -0.2) is 4.98 Å². The number of carbonyl (C=O) groups is 1. The normalized spacial score (nSPS) is 21.2. The number of likely N-dealkylation sites (N-methyl/N-ethyl adjacent to an activating group) is 1. The molecule has 114 valence electrons. The van der Waals surface area contributed by atoms with Crippen LogP contribution in [0.5, 0.6) is 0 Å². The van der Waals surface area contributed by atoms with Crippen molar-refractivity contribution in [1.82, 2.24) is 4.98 Å². The summed E-state index contributed by atoms with van der Waals surface area (Å²) in [5, 5.41) is 20.0. The highest BCUT2D eigenvalue weighted by Gasteiger charge is 2.38. The van der Waals surface area contributed by atoms with Crippen LogP contribution < -0.4 is 4.90 Å². The van der Waals surface area contributed by atoms with Crippen LogP contribution in [0.1, 0.15) is 6.92 Å². The monoisotopic (exact) mass is 315 g/mol. The van der Waals surface area contributed by atoms with Gasteiger partial charge < -0.3 is 14.7 Å². The zero-order chi connectivity index (χ0) is 15.6. The summed E-state index contributed by atoms with van der Waals surface area (Å²) in [4.78, 5) is 27.1. The molecular weight excluding hydrogens is 302 g/mol. The maximum atomic E-state index is 11.2. The molecule has 1 aliphatic rings. The standard InChI is InChI=1S/C12H14ClN3O5/c1-2-15(10-6-21-5-8(10)12(17)18)11-9(13)3-7(4-14-11)16(19)20/h3-4,8,10H,2,5-6H2,1H3,(H,17,18). The fourth-order valence-corrected chi connectivity index (χ4v) is 2.63. The predicted molar refractivity (Wildman–Crippen MR) is 74.7 cm³/mol. The molecule has 9 heteroatoms. The van der Waals surface area contributed by atoms with Crippen molar-refractivity contribution in [2.24, 2.45) is 5.92 Å². The number of aromatic nitrogens is 1. The van der Waals surface area contributed by atoms with E-state index in [9.17, 15) is 20.0 Å². The number of nitrogens with zero attached hydrogens (tertiary/aromatic N) is 3. The van der Waals surface area contributed by atoms with E-state index in [0.717, 1.165) is 6.20 Å². The maximum absolute atomic E-state index is 11.2. The van der Waals surface area contributed by atoms with E-state index in [1.54, 1.807) is 4.90 Å². The van der Waals surface area contributed by atoms with E-state index in [0.29, 0.717) is 12.4 Å². The molecule has 1 saturated heterocycles. The SMILES string of the molecule is CCN(c1ncc([N+](=O)[O-])cc1Cl)C1COCC1C(=O)O. The second-order valence-electron chi connectivity index (χ2n) is 4.59. The van der Waals surface area contributed by atoms with E-state index in [2.05, 4.69) is 4.98 Å². The highest BCUT2D eigenvalue weighted by molar-refractivity contribution is 6.33. The highest BCUT2D eigenvalue weighted by atomic mass is 35.5. The zero-order valence-electron chi connectivity index (χ0n) is 11.2. The number of carboxylic acid groups (broad SMARTS) is 1. The smallest absolute Gasteiger partial charge is 0.311 e. The summed E-state index contributed by atoms with van der Waals surface area (Å²) in [6.45, 7) is 2.67. The van der Waals surface area contributed by atoms with Crippen molar-refractivity contribution in [3.05, 3.63) is 27.4 Å². The number of anilines is 1. The summed E-state index contributed by atoms with van der Waals surface area (Å²) in [5.41, 5.74) is -0.211. The van der Waals surface area contributed by atoms with E-state index < -0.39 is 22.9 Å². The topological polar surface area (TPSA) is 106 Å². The molecule has 2 atom stereocenters. The first-order valence-electron chi connectivity index (χ1n) is 6.32.